The molecule has 0 radical (unpaired) electrons. The third kappa shape index (κ3) is 4.45. The number of furan rings is 1. The van der Waals surface area contributed by atoms with Crippen molar-refractivity contribution < 1.29 is 18.7 Å². The van der Waals surface area contributed by atoms with Gasteiger partial charge in [-0.3, -0.25) is 9.59 Å². The molecule has 2 aromatic rings. The van der Waals surface area contributed by atoms with E-state index in [-0.39, 0.29) is 24.2 Å². The Morgan fingerprint density at radius 3 is 2.72 bits per heavy atom. The number of hydrogen-bond donors (Lipinski definition) is 0. The Hall–Kier alpha value is -2.80. The minimum atomic E-state index is -0.307. The quantitative estimate of drug-likeness (QED) is 0.747. The average molecular weight is 397 g/mol. The molecule has 7 heteroatoms. The zero-order valence-corrected chi connectivity index (χ0v) is 16.8. The molecule has 2 aliphatic rings. The predicted octanol–water partition coefficient (Wildman–Crippen LogP) is 2.12. The van der Waals surface area contributed by atoms with Gasteiger partial charge in [-0.15, -0.1) is 0 Å². The van der Waals surface area contributed by atoms with E-state index in [0.717, 1.165) is 43.3 Å². The molecule has 0 saturated carbocycles. The lowest BCUT2D eigenvalue weighted by Crippen LogP contribution is -2.38. The second kappa shape index (κ2) is 8.69. The summed E-state index contributed by atoms with van der Waals surface area (Å²) in [5.41, 5.74) is 2.26. The number of ether oxygens (including phenoxy) is 1. The van der Waals surface area contributed by atoms with E-state index in [2.05, 4.69) is 17.0 Å². The molecular weight excluding hydrogens is 370 g/mol. The van der Waals surface area contributed by atoms with Crippen LogP contribution in [0.15, 0.2) is 47.1 Å². The summed E-state index contributed by atoms with van der Waals surface area (Å²) < 4.78 is 10.8. The number of anilines is 1. The average Bonchev–Trinajstić information content (AvgIpc) is 3.39. The fourth-order valence-corrected chi connectivity index (χ4v) is 4.08. The number of rotatable bonds is 6. The fourth-order valence-electron chi connectivity index (χ4n) is 4.08. The summed E-state index contributed by atoms with van der Waals surface area (Å²) in [5, 5.41) is 0. The molecule has 1 aromatic carbocycles. The molecule has 2 aliphatic heterocycles. The van der Waals surface area contributed by atoms with Gasteiger partial charge in [-0.1, -0.05) is 18.2 Å². The van der Waals surface area contributed by atoms with Gasteiger partial charge < -0.3 is 23.9 Å². The lowest BCUT2D eigenvalue weighted by Gasteiger charge is -2.31. The molecule has 4 rings (SSSR count). The normalized spacial score (nSPS) is 19.6. The molecule has 154 valence electrons. The van der Waals surface area contributed by atoms with Gasteiger partial charge in [0, 0.05) is 45.3 Å². The van der Waals surface area contributed by atoms with Gasteiger partial charge in [-0.05, 0) is 23.8 Å². The maximum absolute atomic E-state index is 13.0. The summed E-state index contributed by atoms with van der Waals surface area (Å²) in [4.78, 5) is 31.1. The summed E-state index contributed by atoms with van der Waals surface area (Å²) in [5.74, 6) is 0.441. The zero-order chi connectivity index (χ0) is 20.2. The number of para-hydroxylation sites is 1. The summed E-state index contributed by atoms with van der Waals surface area (Å²) >= 11 is 0. The molecule has 3 heterocycles. The summed E-state index contributed by atoms with van der Waals surface area (Å²) in [6.45, 7) is 4.53. The van der Waals surface area contributed by atoms with Crippen molar-refractivity contribution in [1.82, 2.24) is 9.80 Å². The van der Waals surface area contributed by atoms with Crippen LogP contribution in [-0.2, 0) is 27.4 Å². The second-order valence-corrected chi connectivity index (χ2v) is 7.68. The molecule has 0 bridgehead atoms. The molecule has 1 unspecified atom stereocenters. The first kappa shape index (κ1) is 19.5. The minimum absolute atomic E-state index is 0.00173. The predicted molar refractivity (Wildman–Crippen MR) is 108 cm³/mol. The first-order valence-electron chi connectivity index (χ1n) is 10.1. The van der Waals surface area contributed by atoms with Crippen LogP contribution in [0.5, 0.6) is 0 Å². The van der Waals surface area contributed by atoms with E-state index in [1.807, 2.05) is 25.2 Å². The zero-order valence-electron chi connectivity index (χ0n) is 16.8. The standard InChI is InChI=1S/C22H27N3O4/c1-23(14-17-5-2-3-7-20(17)24-8-11-28-12-9-24)22(27)18-13-21(26)25(15-18)16-19-6-4-10-29-19/h2-7,10,18H,8-9,11-16H2,1H3. The van der Waals surface area contributed by atoms with Crippen molar-refractivity contribution in [3.63, 3.8) is 0 Å². The summed E-state index contributed by atoms with van der Waals surface area (Å²) in [6, 6.07) is 11.8. The van der Waals surface area contributed by atoms with Crippen LogP contribution in [-0.4, -0.2) is 61.5 Å². The van der Waals surface area contributed by atoms with Gasteiger partial charge in [0.15, 0.2) is 0 Å². The topological polar surface area (TPSA) is 66.2 Å². The van der Waals surface area contributed by atoms with Gasteiger partial charge >= 0.3 is 0 Å². The van der Waals surface area contributed by atoms with Crippen LogP contribution < -0.4 is 4.90 Å². The first-order valence-corrected chi connectivity index (χ1v) is 10.1. The fraction of sp³-hybridized carbons (Fsp3) is 0.455. The van der Waals surface area contributed by atoms with Crippen LogP contribution in [0.1, 0.15) is 17.7 Å². The van der Waals surface area contributed by atoms with Crippen LogP contribution in [0.25, 0.3) is 0 Å². The van der Waals surface area contributed by atoms with Crippen LogP contribution >= 0.6 is 0 Å². The van der Waals surface area contributed by atoms with Gasteiger partial charge in [-0.2, -0.15) is 0 Å². The molecule has 2 amide bonds. The highest BCUT2D eigenvalue weighted by Crippen LogP contribution is 2.26. The van der Waals surface area contributed by atoms with E-state index in [1.54, 1.807) is 22.1 Å². The van der Waals surface area contributed by atoms with Crippen molar-refractivity contribution in [2.24, 2.45) is 5.92 Å². The van der Waals surface area contributed by atoms with E-state index >= 15 is 0 Å². The van der Waals surface area contributed by atoms with E-state index in [9.17, 15) is 9.59 Å². The number of morpholine rings is 1. The maximum atomic E-state index is 13.0. The number of hydrogen-bond acceptors (Lipinski definition) is 5. The van der Waals surface area contributed by atoms with Gasteiger partial charge in [0.2, 0.25) is 11.8 Å². The Labute approximate surface area is 170 Å². The minimum Gasteiger partial charge on any atom is -0.467 e. The van der Waals surface area contributed by atoms with Crippen LogP contribution in [0.3, 0.4) is 0 Å². The monoisotopic (exact) mass is 397 g/mol. The Morgan fingerprint density at radius 1 is 1.17 bits per heavy atom. The molecule has 0 spiro atoms. The molecule has 2 fully saturated rings. The highest BCUT2D eigenvalue weighted by atomic mass is 16.5. The van der Waals surface area contributed by atoms with E-state index in [0.29, 0.717) is 19.6 Å². The third-order valence-electron chi connectivity index (χ3n) is 5.62. The van der Waals surface area contributed by atoms with Crippen LogP contribution in [0, 0.1) is 5.92 Å². The molecule has 1 aromatic heterocycles. The molecule has 0 aliphatic carbocycles. The Balaban J connectivity index is 1.39. The third-order valence-corrected chi connectivity index (χ3v) is 5.62. The summed E-state index contributed by atoms with van der Waals surface area (Å²) in [7, 11) is 1.82. The summed E-state index contributed by atoms with van der Waals surface area (Å²) in [6.07, 6.45) is 1.85. The number of amides is 2. The van der Waals surface area contributed by atoms with Crippen molar-refractivity contribution in [2.45, 2.75) is 19.5 Å². The van der Waals surface area contributed by atoms with Gasteiger partial charge in [0.05, 0.1) is 31.9 Å². The van der Waals surface area contributed by atoms with Crippen molar-refractivity contribution in [3.05, 3.63) is 54.0 Å². The van der Waals surface area contributed by atoms with Gasteiger partial charge in [0.25, 0.3) is 0 Å². The maximum Gasteiger partial charge on any atom is 0.228 e. The lowest BCUT2D eigenvalue weighted by atomic mass is 10.1. The van der Waals surface area contributed by atoms with Gasteiger partial charge in [0.1, 0.15) is 5.76 Å². The highest BCUT2D eigenvalue weighted by molar-refractivity contribution is 5.89. The molecule has 7 nitrogen and oxygen atoms in total. The largest absolute Gasteiger partial charge is 0.467 e. The second-order valence-electron chi connectivity index (χ2n) is 7.68. The Bertz CT molecular complexity index is 846. The molecular formula is C22H27N3O4. The number of benzene rings is 1. The number of carbonyl (C=O) groups excluding carboxylic acids is 2. The van der Waals surface area contributed by atoms with E-state index < -0.39 is 0 Å². The first-order chi connectivity index (χ1) is 14.1. The van der Waals surface area contributed by atoms with Crippen LogP contribution in [0.2, 0.25) is 0 Å². The molecule has 29 heavy (non-hydrogen) atoms. The number of carbonyl (C=O) groups is 2. The lowest BCUT2D eigenvalue weighted by molar-refractivity contribution is -0.135. The number of nitrogens with zero attached hydrogens (tertiary/aromatic N) is 3. The van der Waals surface area contributed by atoms with Crippen LogP contribution in [0.4, 0.5) is 5.69 Å². The molecule has 0 N–H and O–H groups in total. The Morgan fingerprint density at radius 2 is 1.97 bits per heavy atom. The van der Waals surface area contributed by atoms with Crippen molar-refractivity contribution in [3.8, 4) is 0 Å². The SMILES string of the molecule is CN(Cc1ccccc1N1CCOCC1)C(=O)C1CC(=O)N(Cc2ccco2)C1. The van der Waals surface area contributed by atoms with Gasteiger partial charge in [-0.25, -0.2) is 0 Å². The molecule has 2 saturated heterocycles. The Kier molecular flexibility index (Phi) is 5.85. The van der Waals surface area contributed by atoms with Crippen molar-refractivity contribution in [1.29, 1.82) is 0 Å². The highest BCUT2D eigenvalue weighted by Gasteiger charge is 2.36. The van der Waals surface area contributed by atoms with E-state index in [4.69, 9.17) is 9.15 Å². The van der Waals surface area contributed by atoms with Crippen molar-refractivity contribution in [2.75, 3.05) is 44.8 Å². The number of likely N-dealkylation sites (tertiary alicyclic amines) is 1. The van der Waals surface area contributed by atoms with Crippen molar-refractivity contribution >= 4 is 17.5 Å². The smallest absolute Gasteiger partial charge is 0.228 e. The molecule has 1 atom stereocenters. The van der Waals surface area contributed by atoms with E-state index in [1.165, 1.54) is 0 Å².